The second-order valence-corrected chi connectivity index (χ2v) is 5.27. The smallest absolute Gasteiger partial charge is 0.223 e. The second kappa shape index (κ2) is 7.71. The molecule has 2 rings (SSSR count). The van der Waals surface area contributed by atoms with Gasteiger partial charge in [-0.2, -0.15) is 0 Å². The van der Waals surface area contributed by atoms with Gasteiger partial charge in [-0.05, 0) is 32.4 Å². The Labute approximate surface area is 118 Å². The molecule has 1 fully saturated rings. The van der Waals surface area contributed by atoms with E-state index in [-0.39, 0.29) is 24.2 Å². The lowest BCUT2D eigenvalue weighted by atomic mass is 9.97. The van der Waals surface area contributed by atoms with Gasteiger partial charge in [-0.3, -0.25) is 4.79 Å². The number of halogens is 1. The molecule has 2 heterocycles. The molecule has 0 radical (unpaired) electrons. The predicted molar refractivity (Wildman–Crippen MR) is 76.2 cm³/mol. The summed E-state index contributed by atoms with van der Waals surface area (Å²) in [5.74, 6) is 0.359. The standard InChI is InChI=1S/C12H19N3OS.ClH/c1-2-11-15-10(8-17-11)7-14-12(16)9-3-5-13-6-4-9;/h8-9,13H,2-7H2,1H3,(H,14,16);1H. The third kappa shape index (κ3) is 4.23. The lowest BCUT2D eigenvalue weighted by Gasteiger charge is -2.21. The van der Waals surface area contributed by atoms with Crippen LogP contribution in [0.1, 0.15) is 30.5 Å². The van der Waals surface area contributed by atoms with Crippen molar-refractivity contribution < 1.29 is 4.79 Å². The Bertz CT molecular complexity index is 377. The zero-order chi connectivity index (χ0) is 12.1. The number of hydrogen-bond donors (Lipinski definition) is 2. The molecule has 0 spiro atoms. The van der Waals surface area contributed by atoms with E-state index in [1.165, 1.54) is 0 Å². The van der Waals surface area contributed by atoms with Crippen molar-refractivity contribution in [3.05, 3.63) is 16.1 Å². The van der Waals surface area contributed by atoms with Crippen LogP contribution in [-0.4, -0.2) is 24.0 Å². The van der Waals surface area contributed by atoms with E-state index in [0.29, 0.717) is 6.54 Å². The van der Waals surface area contributed by atoms with Gasteiger partial charge >= 0.3 is 0 Å². The molecule has 1 amide bonds. The second-order valence-electron chi connectivity index (χ2n) is 4.33. The van der Waals surface area contributed by atoms with Crippen LogP contribution < -0.4 is 10.6 Å². The predicted octanol–water partition coefficient (Wildman–Crippen LogP) is 1.74. The van der Waals surface area contributed by atoms with E-state index in [4.69, 9.17) is 0 Å². The molecule has 0 unspecified atom stereocenters. The lowest BCUT2D eigenvalue weighted by Crippen LogP contribution is -2.37. The highest BCUT2D eigenvalue weighted by atomic mass is 35.5. The average molecular weight is 290 g/mol. The van der Waals surface area contributed by atoms with E-state index in [1.807, 2.05) is 5.38 Å². The fourth-order valence-electron chi connectivity index (χ4n) is 2.00. The van der Waals surface area contributed by atoms with Gasteiger partial charge in [0.05, 0.1) is 17.2 Å². The fourth-order valence-corrected chi connectivity index (χ4v) is 2.74. The number of amides is 1. The van der Waals surface area contributed by atoms with E-state index in [9.17, 15) is 4.79 Å². The van der Waals surface area contributed by atoms with E-state index < -0.39 is 0 Å². The zero-order valence-corrected chi connectivity index (χ0v) is 12.2. The van der Waals surface area contributed by atoms with Crippen LogP contribution in [0.25, 0.3) is 0 Å². The molecule has 1 aliphatic rings. The number of rotatable bonds is 4. The van der Waals surface area contributed by atoms with Crippen LogP contribution in [0.5, 0.6) is 0 Å². The molecule has 0 aromatic carbocycles. The number of nitrogens with one attached hydrogen (secondary N) is 2. The van der Waals surface area contributed by atoms with E-state index >= 15 is 0 Å². The number of thiazole rings is 1. The van der Waals surface area contributed by atoms with Crippen molar-refractivity contribution in [3.63, 3.8) is 0 Å². The van der Waals surface area contributed by atoms with E-state index in [1.54, 1.807) is 11.3 Å². The number of nitrogens with zero attached hydrogens (tertiary/aromatic N) is 1. The third-order valence-corrected chi connectivity index (χ3v) is 4.10. The van der Waals surface area contributed by atoms with Gasteiger partial charge < -0.3 is 10.6 Å². The molecule has 1 saturated heterocycles. The normalized spacial score (nSPS) is 16.1. The summed E-state index contributed by atoms with van der Waals surface area (Å²) in [6.45, 7) is 4.57. The fraction of sp³-hybridized carbons (Fsp3) is 0.667. The Morgan fingerprint density at radius 3 is 2.89 bits per heavy atom. The van der Waals surface area contributed by atoms with Gasteiger partial charge in [0.1, 0.15) is 0 Å². The molecule has 0 saturated carbocycles. The van der Waals surface area contributed by atoms with Crippen molar-refractivity contribution in [2.24, 2.45) is 5.92 Å². The molecule has 1 aliphatic heterocycles. The quantitative estimate of drug-likeness (QED) is 0.888. The first-order valence-electron chi connectivity index (χ1n) is 6.21. The van der Waals surface area contributed by atoms with Crippen LogP contribution in [0.3, 0.4) is 0 Å². The molecule has 6 heteroatoms. The Morgan fingerprint density at radius 1 is 1.56 bits per heavy atom. The van der Waals surface area contributed by atoms with Gasteiger partial charge in [0, 0.05) is 11.3 Å². The summed E-state index contributed by atoms with van der Waals surface area (Å²) in [5.41, 5.74) is 0.981. The van der Waals surface area contributed by atoms with E-state index in [0.717, 1.165) is 43.1 Å². The molecule has 0 atom stereocenters. The molecule has 0 aliphatic carbocycles. The van der Waals surface area contributed by atoms with Crippen molar-refractivity contribution in [2.75, 3.05) is 13.1 Å². The van der Waals surface area contributed by atoms with Crippen LogP contribution >= 0.6 is 23.7 Å². The first-order chi connectivity index (χ1) is 8.29. The highest BCUT2D eigenvalue weighted by Gasteiger charge is 2.20. The van der Waals surface area contributed by atoms with E-state index in [2.05, 4.69) is 22.5 Å². The summed E-state index contributed by atoms with van der Waals surface area (Å²) in [6, 6.07) is 0. The minimum absolute atomic E-state index is 0. The topological polar surface area (TPSA) is 54.0 Å². The third-order valence-electron chi connectivity index (χ3n) is 3.06. The van der Waals surface area contributed by atoms with Crippen LogP contribution in [0, 0.1) is 5.92 Å². The van der Waals surface area contributed by atoms with Gasteiger partial charge in [-0.15, -0.1) is 23.7 Å². The summed E-state index contributed by atoms with van der Waals surface area (Å²) in [5, 5.41) is 9.41. The van der Waals surface area contributed by atoms with Gasteiger partial charge in [0.2, 0.25) is 5.91 Å². The van der Waals surface area contributed by atoms with Crippen molar-refractivity contribution in [3.8, 4) is 0 Å². The number of aromatic nitrogens is 1. The number of aryl methyl sites for hydroxylation is 1. The van der Waals surface area contributed by atoms with Crippen molar-refractivity contribution in [1.29, 1.82) is 0 Å². The highest BCUT2D eigenvalue weighted by Crippen LogP contribution is 2.13. The maximum atomic E-state index is 11.9. The highest BCUT2D eigenvalue weighted by molar-refractivity contribution is 7.09. The van der Waals surface area contributed by atoms with Crippen LogP contribution in [0.2, 0.25) is 0 Å². The van der Waals surface area contributed by atoms with Gasteiger partial charge in [0.15, 0.2) is 0 Å². The zero-order valence-electron chi connectivity index (χ0n) is 10.6. The summed E-state index contributed by atoms with van der Waals surface area (Å²) >= 11 is 1.66. The van der Waals surface area contributed by atoms with Crippen LogP contribution in [0.15, 0.2) is 5.38 Å². The molecule has 4 nitrogen and oxygen atoms in total. The van der Waals surface area contributed by atoms with Crippen LogP contribution in [0.4, 0.5) is 0 Å². The number of hydrogen-bond acceptors (Lipinski definition) is 4. The van der Waals surface area contributed by atoms with Crippen LogP contribution in [-0.2, 0) is 17.8 Å². The number of carbonyl (C=O) groups excluding carboxylic acids is 1. The van der Waals surface area contributed by atoms with Crippen molar-refractivity contribution in [2.45, 2.75) is 32.7 Å². The SMILES string of the molecule is CCc1nc(CNC(=O)C2CCNCC2)cs1.Cl. The summed E-state index contributed by atoms with van der Waals surface area (Å²) < 4.78 is 0. The minimum Gasteiger partial charge on any atom is -0.350 e. The first kappa shape index (κ1) is 15.4. The Balaban J connectivity index is 0.00000162. The Hall–Kier alpha value is -0.650. The molecule has 1 aromatic rings. The van der Waals surface area contributed by atoms with Gasteiger partial charge in [-0.1, -0.05) is 6.92 Å². The number of piperidine rings is 1. The summed E-state index contributed by atoms with van der Waals surface area (Å²) in [4.78, 5) is 16.3. The summed E-state index contributed by atoms with van der Waals surface area (Å²) in [6.07, 6.45) is 2.86. The lowest BCUT2D eigenvalue weighted by molar-refractivity contribution is -0.125. The minimum atomic E-state index is 0. The molecular weight excluding hydrogens is 270 g/mol. The molecule has 2 N–H and O–H groups in total. The Morgan fingerprint density at radius 2 is 2.28 bits per heavy atom. The maximum absolute atomic E-state index is 11.9. The first-order valence-corrected chi connectivity index (χ1v) is 7.09. The van der Waals surface area contributed by atoms with Gasteiger partial charge in [0.25, 0.3) is 0 Å². The molecule has 0 bridgehead atoms. The Kier molecular flexibility index (Phi) is 6.60. The summed E-state index contributed by atoms with van der Waals surface area (Å²) in [7, 11) is 0. The molecular formula is C12H20ClN3OS. The maximum Gasteiger partial charge on any atom is 0.223 e. The van der Waals surface area contributed by atoms with Crippen molar-refractivity contribution >= 4 is 29.7 Å². The van der Waals surface area contributed by atoms with Gasteiger partial charge in [-0.25, -0.2) is 4.98 Å². The number of carbonyl (C=O) groups is 1. The van der Waals surface area contributed by atoms with Crippen molar-refractivity contribution in [1.82, 2.24) is 15.6 Å². The largest absolute Gasteiger partial charge is 0.350 e. The monoisotopic (exact) mass is 289 g/mol. The molecule has 18 heavy (non-hydrogen) atoms. The molecule has 1 aromatic heterocycles. The molecule has 102 valence electrons. The average Bonchev–Trinajstić information content (AvgIpc) is 2.85.